The third kappa shape index (κ3) is 6.00. The van der Waals surface area contributed by atoms with Crippen LogP contribution in [0.5, 0.6) is 5.75 Å². The smallest absolute Gasteiger partial charge is 0.244 e. The van der Waals surface area contributed by atoms with Gasteiger partial charge in [0.25, 0.3) is 0 Å². The lowest BCUT2D eigenvalue weighted by Crippen LogP contribution is -2.37. The van der Waals surface area contributed by atoms with Crippen LogP contribution in [0.2, 0.25) is 0 Å². The zero-order chi connectivity index (χ0) is 17.8. The number of sulfonamides is 2. The normalized spacial score (nSPS) is 17.8. The molecule has 1 fully saturated rings. The molecule has 1 aromatic carbocycles. The summed E-state index contributed by atoms with van der Waals surface area (Å²) in [6, 6.07) is 4.21. The summed E-state index contributed by atoms with van der Waals surface area (Å²) in [5.74, 6) is 0.00359. The van der Waals surface area contributed by atoms with Gasteiger partial charge < -0.3 is 10.1 Å². The second-order valence-corrected chi connectivity index (χ2v) is 9.26. The highest BCUT2D eigenvalue weighted by atomic mass is 35.5. The number of ether oxygens (including phenoxy) is 1. The van der Waals surface area contributed by atoms with E-state index in [1.54, 1.807) is 0 Å². The molecular weight excluding hydrogens is 390 g/mol. The van der Waals surface area contributed by atoms with Crippen molar-refractivity contribution < 1.29 is 21.6 Å². The van der Waals surface area contributed by atoms with E-state index >= 15 is 0 Å². The van der Waals surface area contributed by atoms with E-state index in [1.165, 1.54) is 32.2 Å². The van der Waals surface area contributed by atoms with Crippen LogP contribution in [0.4, 0.5) is 5.69 Å². The monoisotopic (exact) mass is 413 g/mol. The number of rotatable bonds is 8. The summed E-state index contributed by atoms with van der Waals surface area (Å²) in [6.45, 7) is 2.71. The lowest BCUT2D eigenvalue weighted by molar-refractivity contribution is 0.402. The molecule has 0 amide bonds. The van der Waals surface area contributed by atoms with Gasteiger partial charge >= 0.3 is 0 Å². The largest absolute Gasteiger partial charge is 0.495 e. The average molecular weight is 414 g/mol. The maximum atomic E-state index is 12.5. The zero-order valence-corrected chi connectivity index (χ0v) is 16.6. The molecule has 1 aromatic rings. The topological polar surface area (TPSA) is 114 Å². The number of nitrogens with one attached hydrogen (secondary N) is 3. The van der Waals surface area contributed by atoms with Gasteiger partial charge in [0.2, 0.25) is 20.0 Å². The van der Waals surface area contributed by atoms with Gasteiger partial charge in [0.1, 0.15) is 10.6 Å². The molecule has 1 unspecified atom stereocenters. The Bertz CT molecular complexity index is 778. The molecule has 1 heterocycles. The third-order valence-electron chi connectivity index (χ3n) is 3.79. The molecule has 3 N–H and O–H groups in total. The second-order valence-electron chi connectivity index (χ2n) is 5.52. The average Bonchev–Trinajstić information content (AvgIpc) is 3.06. The van der Waals surface area contributed by atoms with Crippen molar-refractivity contribution in [2.45, 2.75) is 30.7 Å². The van der Waals surface area contributed by atoms with Crippen LogP contribution in [0.15, 0.2) is 23.1 Å². The minimum absolute atomic E-state index is 0. The van der Waals surface area contributed by atoms with E-state index < -0.39 is 20.0 Å². The molecule has 8 nitrogen and oxygen atoms in total. The standard InChI is InChI=1S/C14H23N3O5S2.ClH/c1-3-23(18,19)17-11-6-7-14(13(9-11)22-2)24(20,21)16-10-12-5-4-8-15-12;/h6-7,9,12,15-17H,3-5,8,10H2,1-2H3;1H. The first-order chi connectivity index (χ1) is 11.3. The molecule has 1 saturated heterocycles. The summed E-state index contributed by atoms with van der Waals surface area (Å²) >= 11 is 0. The lowest BCUT2D eigenvalue weighted by Gasteiger charge is -2.15. The Balaban J connectivity index is 0.00000312. The van der Waals surface area contributed by atoms with Crippen molar-refractivity contribution >= 4 is 38.1 Å². The third-order valence-corrected chi connectivity index (χ3v) is 6.56. The van der Waals surface area contributed by atoms with Crippen molar-refractivity contribution in [2.75, 3.05) is 30.7 Å². The quantitative estimate of drug-likeness (QED) is 0.583. The van der Waals surface area contributed by atoms with E-state index in [9.17, 15) is 16.8 Å². The van der Waals surface area contributed by atoms with E-state index in [2.05, 4.69) is 14.8 Å². The molecule has 25 heavy (non-hydrogen) atoms. The molecule has 11 heteroatoms. The van der Waals surface area contributed by atoms with Gasteiger partial charge in [-0.15, -0.1) is 12.4 Å². The molecule has 0 aliphatic carbocycles. The van der Waals surface area contributed by atoms with Gasteiger partial charge in [-0.25, -0.2) is 21.6 Å². The minimum Gasteiger partial charge on any atom is -0.495 e. The molecule has 1 aliphatic rings. The predicted octanol–water partition coefficient (Wildman–Crippen LogP) is 0.909. The summed E-state index contributed by atoms with van der Waals surface area (Å²) in [6.07, 6.45) is 1.96. The Morgan fingerprint density at radius 2 is 2.00 bits per heavy atom. The van der Waals surface area contributed by atoms with Crippen LogP contribution < -0.4 is 19.5 Å². The second kappa shape index (κ2) is 9.04. The Morgan fingerprint density at radius 3 is 2.56 bits per heavy atom. The van der Waals surface area contributed by atoms with Gasteiger partial charge in [-0.1, -0.05) is 0 Å². The van der Waals surface area contributed by atoms with Crippen LogP contribution in [0.25, 0.3) is 0 Å². The first-order valence-corrected chi connectivity index (χ1v) is 10.8. The van der Waals surface area contributed by atoms with Crippen LogP contribution >= 0.6 is 12.4 Å². The fraction of sp³-hybridized carbons (Fsp3) is 0.571. The highest BCUT2D eigenvalue weighted by Crippen LogP contribution is 2.27. The van der Waals surface area contributed by atoms with E-state index in [0.717, 1.165) is 19.4 Å². The van der Waals surface area contributed by atoms with Gasteiger partial charge in [0.05, 0.1) is 18.6 Å². The summed E-state index contributed by atoms with van der Waals surface area (Å²) in [5, 5.41) is 3.22. The zero-order valence-electron chi connectivity index (χ0n) is 14.1. The lowest BCUT2D eigenvalue weighted by atomic mass is 10.2. The SMILES string of the molecule is CCS(=O)(=O)Nc1ccc(S(=O)(=O)NCC2CCCN2)c(OC)c1.Cl. The molecule has 0 radical (unpaired) electrons. The van der Waals surface area contributed by atoms with Gasteiger partial charge in [0, 0.05) is 18.7 Å². The number of hydrogen-bond acceptors (Lipinski definition) is 6. The van der Waals surface area contributed by atoms with E-state index in [0.29, 0.717) is 6.54 Å². The highest BCUT2D eigenvalue weighted by Gasteiger charge is 2.23. The fourth-order valence-electron chi connectivity index (χ4n) is 2.42. The van der Waals surface area contributed by atoms with E-state index in [-0.39, 0.29) is 40.5 Å². The Labute approximate surface area is 155 Å². The molecule has 0 bridgehead atoms. The van der Waals surface area contributed by atoms with Crippen LogP contribution in [0.3, 0.4) is 0 Å². The number of halogens is 1. The van der Waals surface area contributed by atoms with Gasteiger partial charge in [-0.05, 0) is 38.4 Å². The number of hydrogen-bond donors (Lipinski definition) is 3. The molecule has 0 spiro atoms. The molecule has 144 valence electrons. The molecule has 0 saturated carbocycles. The van der Waals surface area contributed by atoms with Crippen molar-refractivity contribution in [3.05, 3.63) is 18.2 Å². The van der Waals surface area contributed by atoms with Crippen LogP contribution in [-0.2, 0) is 20.0 Å². The van der Waals surface area contributed by atoms with Crippen molar-refractivity contribution in [1.82, 2.24) is 10.0 Å². The summed E-state index contributed by atoms with van der Waals surface area (Å²) in [4.78, 5) is -0.0255. The molecule has 2 rings (SSSR count). The number of anilines is 1. The summed E-state index contributed by atoms with van der Waals surface area (Å²) < 4.78 is 58.2. The maximum absolute atomic E-state index is 12.5. The van der Waals surface area contributed by atoms with Crippen molar-refractivity contribution in [3.8, 4) is 5.75 Å². The Hall–Kier alpha value is -1.07. The van der Waals surface area contributed by atoms with E-state index in [1.807, 2.05) is 0 Å². The van der Waals surface area contributed by atoms with Gasteiger partial charge in [0.15, 0.2) is 0 Å². The van der Waals surface area contributed by atoms with Crippen molar-refractivity contribution in [2.24, 2.45) is 0 Å². The van der Waals surface area contributed by atoms with Crippen LogP contribution in [0.1, 0.15) is 19.8 Å². The van der Waals surface area contributed by atoms with Crippen molar-refractivity contribution in [1.29, 1.82) is 0 Å². The van der Waals surface area contributed by atoms with Crippen molar-refractivity contribution in [3.63, 3.8) is 0 Å². The molecule has 0 aromatic heterocycles. The van der Waals surface area contributed by atoms with Gasteiger partial charge in [-0.3, -0.25) is 4.72 Å². The summed E-state index contributed by atoms with van der Waals surface area (Å²) in [7, 11) is -5.86. The first-order valence-electron chi connectivity index (χ1n) is 7.69. The Kier molecular flexibility index (Phi) is 7.94. The fourth-order valence-corrected chi connectivity index (χ4v) is 4.28. The minimum atomic E-state index is -3.75. The first kappa shape index (κ1) is 22.0. The maximum Gasteiger partial charge on any atom is 0.244 e. The van der Waals surface area contributed by atoms with Crippen LogP contribution in [0, 0.1) is 0 Å². The number of benzene rings is 1. The van der Waals surface area contributed by atoms with E-state index in [4.69, 9.17) is 4.74 Å². The van der Waals surface area contributed by atoms with Crippen LogP contribution in [-0.4, -0.2) is 48.8 Å². The van der Waals surface area contributed by atoms with Gasteiger partial charge in [-0.2, -0.15) is 0 Å². The Morgan fingerprint density at radius 1 is 1.28 bits per heavy atom. The highest BCUT2D eigenvalue weighted by molar-refractivity contribution is 7.92. The molecular formula is C14H24ClN3O5S2. The number of methoxy groups -OCH3 is 1. The molecule has 1 aliphatic heterocycles. The summed E-state index contributed by atoms with van der Waals surface area (Å²) in [5.41, 5.74) is 0.255. The predicted molar refractivity (Wildman–Crippen MR) is 99.5 cm³/mol. The molecule has 1 atom stereocenters.